The van der Waals surface area contributed by atoms with E-state index in [4.69, 9.17) is 27.9 Å². The Kier molecular flexibility index (Phi) is 4.96. The van der Waals surface area contributed by atoms with Gasteiger partial charge in [-0.2, -0.15) is 5.10 Å². The van der Waals surface area contributed by atoms with Crippen LogP contribution < -0.4 is 10.3 Å². The topological polar surface area (TPSA) is 76.8 Å². The normalized spacial score (nSPS) is 16.8. The van der Waals surface area contributed by atoms with Gasteiger partial charge in [0.1, 0.15) is 5.71 Å². The fourth-order valence-corrected chi connectivity index (χ4v) is 3.68. The van der Waals surface area contributed by atoms with Gasteiger partial charge in [0.15, 0.2) is 11.5 Å². The van der Waals surface area contributed by atoms with Crippen LogP contribution in [0.4, 0.5) is 0 Å². The molecule has 0 atom stereocenters. The fraction of sp³-hybridized carbons (Fsp3) is 0.300. The highest BCUT2D eigenvalue weighted by atomic mass is 35.5. The standard InChI is InChI=1S/C20H18Cl2N4O3/c1-10-6-16(27)18(24-25(10)2)12-7-14(21)19(15(22)8-12)29-17-9-13(11-4-5-11)20(28)26(3)23-17/h7-9,11H,1,4-6H2,2-3H3. The molecule has 0 radical (unpaired) electrons. The van der Waals surface area contributed by atoms with Crippen molar-refractivity contribution in [2.75, 3.05) is 7.05 Å². The number of hydrazone groups is 1. The van der Waals surface area contributed by atoms with Crippen molar-refractivity contribution in [1.29, 1.82) is 0 Å². The second-order valence-corrected chi connectivity index (χ2v) is 7.96. The second kappa shape index (κ2) is 7.31. The molecule has 1 fully saturated rings. The van der Waals surface area contributed by atoms with E-state index in [9.17, 15) is 9.59 Å². The van der Waals surface area contributed by atoms with E-state index in [0.717, 1.165) is 12.8 Å². The SMILES string of the molecule is C=C1CC(=O)C(c2cc(Cl)c(Oc3cc(C4CC4)c(=O)n(C)n3)c(Cl)c2)=NN1C. The summed E-state index contributed by atoms with van der Waals surface area (Å²) in [6.45, 7) is 3.80. The number of aryl methyl sites for hydroxylation is 1. The number of nitrogens with zero attached hydrogens (tertiary/aromatic N) is 4. The summed E-state index contributed by atoms with van der Waals surface area (Å²) in [7, 11) is 3.29. The van der Waals surface area contributed by atoms with E-state index in [1.807, 2.05) is 0 Å². The maximum Gasteiger partial charge on any atom is 0.270 e. The van der Waals surface area contributed by atoms with E-state index < -0.39 is 0 Å². The number of hydrogen-bond donors (Lipinski definition) is 0. The van der Waals surface area contributed by atoms with Crippen molar-refractivity contribution >= 4 is 34.7 Å². The van der Waals surface area contributed by atoms with Crippen molar-refractivity contribution in [2.24, 2.45) is 12.1 Å². The summed E-state index contributed by atoms with van der Waals surface area (Å²) < 4.78 is 7.06. The van der Waals surface area contributed by atoms with Gasteiger partial charge in [-0.1, -0.05) is 29.8 Å². The number of benzene rings is 1. The van der Waals surface area contributed by atoms with Crippen LogP contribution in [-0.4, -0.2) is 33.3 Å². The van der Waals surface area contributed by atoms with Crippen LogP contribution in [0.1, 0.15) is 36.3 Å². The average Bonchev–Trinajstić information content (AvgIpc) is 3.49. The minimum absolute atomic E-state index is 0.132. The zero-order valence-electron chi connectivity index (χ0n) is 15.9. The molecule has 2 heterocycles. The van der Waals surface area contributed by atoms with Crippen LogP contribution >= 0.6 is 23.2 Å². The number of ether oxygens (including phenoxy) is 1. The highest BCUT2D eigenvalue weighted by Crippen LogP contribution is 2.41. The first-order chi connectivity index (χ1) is 13.7. The first-order valence-electron chi connectivity index (χ1n) is 9.03. The molecule has 7 nitrogen and oxygen atoms in total. The number of aromatic nitrogens is 2. The Balaban J connectivity index is 1.69. The Morgan fingerprint density at radius 3 is 2.41 bits per heavy atom. The molecule has 4 rings (SSSR count). The number of carbonyl (C=O) groups excluding carboxylic acids is 1. The molecule has 0 saturated heterocycles. The van der Waals surface area contributed by atoms with Crippen molar-refractivity contribution in [1.82, 2.24) is 14.8 Å². The summed E-state index contributed by atoms with van der Waals surface area (Å²) >= 11 is 12.8. The van der Waals surface area contributed by atoms with Crippen molar-refractivity contribution < 1.29 is 9.53 Å². The monoisotopic (exact) mass is 432 g/mol. The van der Waals surface area contributed by atoms with Crippen LogP contribution in [0.5, 0.6) is 11.6 Å². The van der Waals surface area contributed by atoms with Gasteiger partial charge in [0, 0.05) is 37.0 Å². The van der Waals surface area contributed by atoms with Crippen LogP contribution in [-0.2, 0) is 11.8 Å². The van der Waals surface area contributed by atoms with Crippen molar-refractivity contribution in [3.63, 3.8) is 0 Å². The number of ketones is 1. The highest BCUT2D eigenvalue weighted by molar-refractivity contribution is 6.48. The molecular formula is C20H18Cl2N4O3. The van der Waals surface area contributed by atoms with Gasteiger partial charge in [-0.3, -0.25) is 14.6 Å². The van der Waals surface area contributed by atoms with E-state index in [1.165, 1.54) is 4.68 Å². The Morgan fingerprint density at radius 1 is 1.14 bits per heavy atom. The summed E-state index contributed by atoms with van der Waals surface area (Å²) in [5, 5.41) is 10.4. The fourth-order valence-electron chi connectivity index (χ4n) is 3.12. The van der Waals surface area contributed by atoms with E-state index >= 15 is 0 Å². The largest absolute Gasteiger partial charge is 0.434 e. The predicted molar refractivity (Wildman–Crippen MR) is 111 cm³/mol. The van der Waals surface area contributed by atoms with Gasteiger partial charge in [-0.15, -0.1) is 5.10 Å². The lowest BCUT2D eigenvalue weighted by Gasteiger charge is -2.23. The third-order valence-electron chi connectivity index (χ3n) is 4.90. The van der Waals surface area contributed by atoms with E-state index in [-0.39, 0.29) is 51.1 Å². The summed E-state index contributed by atoms with van der Waals surface area (Å²) in [5.41, 5.74) is 1.90. The van der Waals surface area contributed by atoms with Crippen LogP contribution in [0.2, 0.25) is 10.0 Å². The van der Waals surface area contributed by atoms with E-state index in [0.29, 0.717) is 16.8 Å². The number of allylic oxidation sites excluding steroid dienone is 1. The Bertz CT molecular complexity index is 1110. The maximum absolute atomic E-state index is 12.3. The third kappa shape index (κ3) is 3.80. The number of halogens is 2. The number of Topliss-reactive ketones (excluding diaryl/α,β-unsaturated/α-hetero) is 1. The van der Waals surface area contributed by atoms with Gasteiger partial charge in [-0.25, -0.2) is 4.68 Å². The first kappa shape index (κ1) is 19.7. The van der Waals surface area contributed by atoms with Gasteiger partial charge in [0.2, 0.25) is 5.88 Å². The Hall–Kier alpha value is -2.64. The molecule has 0 amide bonds. The summed E-state index contributed by atoms with van der Waals surface area (Å²) in [6, 6.07) is 4.78. The zero-order chi connectivity index (χ0) is 20.9. The lowest BCUT2D eigenvalue weighted by Crippen LogP contribution is -2.28. The molecule has 1 aliphatic heterocycles. The summed E-state index contributed by atoms with van der Waals surface area (Å²) in [4.78, 5) is 24.6. The van der Waals surface area contributed by atoms with E-state index in [1.54, 1.807) is 37.3 Å². The average molecular weight is 433 g/mol. The molecule has 0 N–H and O–H groups in total. The number of hydrogen-bond acceptors (Lipinski definition) is 6. The molecule has 1 aromatic carbocycles. The zero-order valence-corrected chi connectivity index (χ0v) is 17.4. The Labute approximate surface area is 177 Å². The van der Waals surface area contributed by atoms with Crippen LogP contribution in [0.3, 0.4) is 0 Å². The summed E-state index contributed by atoms with van der Waals surface area (Å²) in [5.74, 6) is 0.511. The molecule has 1 aliphatic carbocycles. The van der Waals surface area contributed by atoms with Crippen LogP contribution in [0.25, 0.3) is 0 Å². The number of carbonyl (C=O) groups is 1. The van der Waals surface area contributed by atoms with Gasteiger partial charge in [0.25, 0.3) is 5.56 Å². The van der Waals surface area contributed by atoms with Crippen molar-refractivity contribution in [3.8, 4) is 11.6 Å². The van der Waals surface area contributed by atoms with Crippen molar-refractivity contribution in [3.05, 3.63) is 62.0 Å². The maximum atomic E-state index is 12.3. The van der Waals surface area contributed by atoms with Crippen LogP contribution in [0.15, 0.2) is 40.4 Å². The minimum Gasteiger partial charge on any atom is -0.434 e. The molecule has 0 bridgehead atoms. The summed E-state index contributed by atoms with van der Waals surface area (Å²) in [6.07, 6.45) is 2.13. The molecule has 2 aromatic rings. The molecular weight excluding hydrogens is 415 g/mol. The lowest BCUT2D eigenvalue weighted by molar-refractivity contribution is -0.113. The number of rotatable bonds is 4. The van der Waals surface area contributed by atoms with Crippen LogP contribution in [0, 0.1) is 0 Å². The highest BCUT2D eigenvalue weighted by Gasteiger charge is 2.28. The molecule has 2 aliphatic rings. The molecule has 0 spiro atoms. The molecule has 0 unspecified atom stereocenters. The Morgan fingerprint density at radius 2 is 1.79 bits per heavy atom. The quantitative estimate of drug-likeness (QED) is 0.732. The van der Waals surface area contributed by atoms with Gasteiger partial charge >= 0.3 is 0 Å². The predicted octanol–water partition coefficient (Wildman–Crippen LogP) is 3.88. The van der Waals surface area contributed by atoms with Gasteiger partial charge in [-0.05, 0) is 30.9 Å². The second-order valence-electron chi connectivity index (χ2n) is 7.15. The molecule has 29 heavy (non-hydrogen) atoms. The first-order valence-corrected chi connectivity index (χ1v) is 9.79. The van der Waals surface area contributed by atoms with Gasteiger partial charge in [0.05, 0.1) is 16.5 Å². The molecule has 9 heteroatoms. The minimum atomic E-state index is -0.164. The lowest BCUT2D eigenvalue weighted by atomic mass is 10.0. The third-order valence-corrected chi connectivity index (χ3v) is 5.46. The van der Waals surface area contributed by atoms with Gasteiger partial charge < -0.3 is 4.74 Å². The van der Waals surface area contributed by atoms with Crippen molar-refractivity contribution in [2.45, 2.75) is 25.2 Å². The molecule has 1 saturated carbocycles. The molecule has 150 valence electrons. The molecule has 1 aromatic heterocycles. The smallest absolute Gasteiger partial charge is 0.270 e. The van der Waals surface area contributed by atoms with E-state index in [2.05, 4.69) is 16.8 Å².